The lowest BCUT2D eigenvalue weighted by Crippen LogP contribution is -2.44. The Morgan fingerprint density at radius 1 is 1.10 bits per heavy atom. The van der Waals surface area contributed by atoms with Crippen molar-refractivity contribution in [1.82, 2.24) is 15.1 Å². The average Bonchev–Trinajstić information content (AvgIpc) is 3.23. The number of likely N-dealkylation sites (N-methyl/N-ethyl adjacent to an activating group) is 1. The molecule has 1 fully saturated rings. The monoisotopic (exact) mass is 423 g/mol. The molecule has 0 radical (unpaired) electrons. The number of carbonyl (C=O) groups excluding carboxylic acids is 1. The Kier molecular flexibility index (Phi) is 6.35. The van der Waals surface area contributed by atoms with E-state index in [0.29, 0.717) is 11.1 Å². The van der Waals surface area contributed by atoms with Gasteiger partial charge >= 0.3 is 0 Å². The van der Waals surface area contributed by atoms with E-state index in [-0.39, 0.29) is 11.7 Å². The van der Waals surface area contributed by atoms with Crippen LogP contribution in [0, 0.1) is 6.92 Å². The summed E-state index contributed by atoms with van der Waals surface area (Å²) in [6, 6.07) is 15.8. The lowest BCUT2D eigenvalue weighted by atomic mass is 10.1. The zero-order valence-electron chi connectivity index (χ0n) is 17.2. The fourth-order valence-corrected chi connectivity index (χ4v) is 3.94. The van der Waals surface area contributed by atoms with E-state index in [9.17, 15) is 4.79 Å². The molecule has 0 atom stereocenters. The summed E-state index contributed by atoms with van der Waals surface area (Å²) in [5, 5.41) is 11.6. The highest BCUT2D eigenvalue weighted by Gasteiger charge is 2.18. The van der Waals surface area contributed by atoms with Crippen molar-refractivity contribution in [3.63, 3.8) is 0 Å². The number of hydrogen-bond acceptors (Lipinski definition) is 7. The molecule has 0 saturated carbocycles. The van der Waals surface area contributed by atoms with Gasteiger partial charge in [-0.15, -0.1) is 10.2 Å². The van der Waals surface area contributed by atoms with Crippen LogP contribution in [0.25, 0.3) is 11.5 Å². The van der Waals surface area contributed by atoms with Crippen molar-refractivity contribution >= 4 is 29.0 Å². The van der Waals surface area contributed by atoms with Gasteiger partial charge in [-0.25, -0.2) is 0 Å². The molecule has 1 amide bonds. The maximum Gasteiger partial charge on any atom is 0.277 e. The number of rotatable bonds is 6. The number of piperazine rings is 1. The van der Waals surface area contributed by atoms with Gasteiger partial charge in [0.1, 0.15) is 0 Å². The summed E-state index contributed by atoms with van der Waals surface area (Å²) in [6.07, 6.45) is 0. The van der Waals surface area contributed by atoms with Crippen LogP contribution in [-0.4, -0.2) is 60.0 Å². The molecule has 3 aromatic rings. The summed E-state index contributed by atoms with van der Waals surface area (Å²) in [6.45, 7) is 5.93. The molecular formula is C22H25N5O2S. The number of hydrogen-bond donors (Lipinski definition) is 1. The third kappa shape index (κ3) is 5.01. The van der Waals surface area contributed by atoms with Crippen LogP contribution >= 0.6 is 11.8 Å². The minimum absolute atomic E-state index is 0.100. The smallest absolute Gasteiger partial charge is 0.277 e. The van der Waals surface area contributed by atoms with E-state index in [1.807, 2.05) is 49.4 Å². The molecule has 1 aliphatic rings. The fraction of sp³-hybridized carbons (Fsp3) is 0.318. The fourth-order valence-electron chi connectivity index (χ4n) is 3.38. The zero-order valence-corrected chi connectivity index (χ0v) is 18.0. The summed E-state index contributed by atoms with van der Waals surface area (Å²) in [4.78, 5) is 17.2. The molecule has 2 heterocycles. The first kappa shape index (κ1) is 20.4. The summed E-state index contributed by atoms with van der Waals surface area (Å²) >= 11 is 1.24. The maximum absolute atomic E-state index is 12.5. The summed E-state index contributed by atoms with van der Waals surface area (Å²) in [5.41, 5.74) is 3.89. The van der Waals surface area contributed by atoms with Crippen LogP contribution in [-0.2, 0) is 4.79 Å². The van der Waals surface area contributed by atoms with Crippen molar-refractivity contribution in [2.24, 2.45) is 0 Å². The van der Waals surface area contributed by atoms with Gasteiger partial charge in [-0.3, -0.25) is 4.79 Å². The lowest BCUT2D eigenvalue weighted by molar-refractivity contribution is -0.113. The second-order valence-electron chi connectivity index (χ2n) is 7.39. The van der Waals surface area contributed by atoms with E-state index >= 15 is 0 Å². The van der Waals surface area contributed by atoms with Gasteiger partial charge in [-0.05, 0) is 38.2 Å². The molecule has 1 saturated heterocycles. The van der Waals surface area contributed by atoms with Crippen LogP contribution in [0.4, 0.5) is 11.4 Å². The Bertz CT molecular complexity index is 1010. The van der Waals surface area contributed by atoms with Gasteiger partial charge in [0.2, 0.25) is 11.8 Å². The van der Waals surface area contributed by atoms with Crippen molar-refractivity contribution < 1.29 is 9.21 Å². The van der Waals surface area contributed by atoms with Gasteiger partial charge < -0.3 is 19.5 Å². The molecule has 8 heteroatoms. The van der Waals surface area contributed by atoms with Crippen LogP contribution in [0.2, 0.25) is 0 Å². The third-order valence-electron chi connectivity index (χ3n) is 5.02. The molecule has 156 valence electrons. The van der Waals surface area contributed by atoms with Crippen LogP contribution < -0.4 is 10.2 Å². The quantitative estimate of drug-likeness (QED) is 0.608. The molecule has 30 heavy (non-hydrogen) atoms. The van der Waals surface area contributed by atoms with Crippen LogP contribution in [0.15, 0.2) is 58.2 Å². The van der Waals surface area contributed by atoms with E-state index < -0.39 is 0 Å². The number of nitrogens with one attached hydrogen (secondary N) is 1. The largest absolute Gasteiger partial charge is 0.411 e. The number of thioether (sulfide) groups is 1. The predicted molar refractivity (Wildman–Crippen MR) is 120 cm³/mol. The molecule has 0 aliphatic carbocycles. The molecule has 0 spiro atoms. The van der Waals surface area contributed by atoms with Crippen molar-refractivity contribution in [2.45, 2.75) is 12.1 Å². The van der Waals surface area contributed by atoms with Gasteiger partial charge in [0, 0.05) is 31.7 Å². The molecule has 1 aliphatic heterocycles. The molecule has 0 bridgehead atoms. The number of aryl methyl sites for hydroxylation is 1. The Labute approximate surface area is 180 Å². The first-order chi connectivity index (χ1) is 14.6. The molecule has 7 nitrogen and oxygen atoms in total. The molecule has 2 aromatic carbocycles. The second-order valence-corrected chi connectivity index (χ2v) is 8.31. The van der Waals surface area contributed by atoms with Gasteiger partial charge in [-0.1, -0.05) is 41.6 Å². The van der Waals surface area contributed by atoms with E-state index in [1.165, 1.54) is 11.8 Å². The average molecular weight is 424 g/mol. The van der Waals surface area contributed by atoms with E-state index in [2.05, 4.69) is 38.4 Å². The Morgan fingerprint density at radius 2 is 1.90 bits per heavy atom. The molecule has 0 unspecified atom stereocenters. The zero-order chi connectivity index (χ0) is 20.9. The van der Waals surface area contributed by atoms with Gasteiger partial charge in [0.25, 0.3) is 5.22 Å². The predicted octanol–water partition coefficient (Wildman–Crippen LogP) is 3.53. The standard InChI is InChI=1S/C22H25N5O2S/c1-16-6-5-7-17(14-16)21-24-25-22(29-21)30-15-20(28)23-18-8-3-4-9-19(18)27-12-10-26(2)11-13-27/h3-9,14H,10-13,15H2,1-2H3,(H,23,28). The maximum atomic E-state index is 12.5. The van der Waals surface area contributed by atoms with E-state index in [0.717, 1.165) is 48.7 Å². The van der Waals surface area contributed by atoms with Crippen LogP contribution in [0.5, 0.6) is 0 Å². The van der Waals surface area contributed by atoms with E-state index in [1.54, 1.807) is 0 Å². The van der Waals surface area contributed by atoms with Gasteiger partial charge in [0.05, 0.1) is 17.1 Å². The summed E-state index contributed by atoms with van der Waals surface area (Å²) < 4.78 is 5.70. The highest BCUT2D eigenvalue weighted by atomic mass is 32.2. The van der Waals surface area contributed by atoms with Crippen molar-refractivity contribution in [2.75, 3.05) is 49.2 Å². The Hall–Kier alpha value is -2.84. The number of nitrogens with zero attached hydrogens (tertiary/aromatic N) is 4. The van der Waals surface area contributed by atoms with Crippen molar-refractivity contribution in [3.05, 3.63) is 54.1 Å². The first-order valence-electron chi connectivity index (χ1n) is 9.94. The highest BCUT2D eigenvalue weighted by Crippen LogP contribution is 2.28. The number of amides is 1. The minimum atomic E-state index is -0.100. The molecule has 1 N–H and O–H groups in total. The molecule has 1 aromatic heterocycles. The molecular weight excluding hydrogens is 398 g/mol. The number of para-hydroxylation sites is 2. The molecule has 4 rings (SSSR count). The van der Waals surface area contributed by atoms with E-state index in [4.69, 9.17) is 4.42 Å². The summed E-state index contributed by atoms with van der Waals surface area (Å²) in [7, 11) is 2.13. The van der Waals surface area contributed by atoms with Crippen LogP contribution in [0.1, 0.15) is 5.56 Å². The third-order valence-corrected chi connectivity index (χ3v) is 5.84. The number of benzene rings is 2. The topological polar surface area (TPSA) is 74.5 Å². The normalized spacial score (nSPS) is 14.7. The van der Waals surface area contributed by atoms with Crippen molar-refractivity contribution in [1.29, 1.82) is 0 Å². The minimum Gasteiger partial charge on any atom is -0.411 e. The lowest BCUT2D eigenvalue weighted by Gasteiger charge is -2.35. The van der Waals surface area contributed by atoms with Crippen molar-refractivity contribution in [3.8, 4) is 11.5 Å². The number of aromatic nitrogens is 2. The second kappa shape index (κ2) is 9.32. The summed E-state index contributed by atoms with van der Waals surface area (Å²) in [5.74, 6) is 0.561. The first-order valence-corrected chi connectivity index (χ1v) is 10.9. The Morgan fingerprint density at radius 3 is 2.70 bits per heavy atom. The number of carbonyl (C=O) groups is 1. The Balaban J connectivity index is 1.36. The number of anilines is 2. The highest BCUT2D eigenvalue weighted by molar-refractivity contribution is 7.99. The van der Waals surface area contributed by atoms with Gasteiger partial charge in [-0.2, -0.15) is 0 Å². The van der Waals surface area contributed by atoms with Crippen LogP contribution in [0.3, 0.4) is 0 Å². The SMILES string of the molecule is Cc1cccc(-c2nnc(SCC(=O)Nc3ccccc3N3CCN(C)CC3)o2)c1. The van der Waals surface area contributed by atoms with Gasteiger partial charge in [0.15, 0.2) is 0 Å².